The van der Waals surface area contributed by atoms with Crippen molar-refractivity contribution < 1.29 is 4.42 Å². The number of nitrogens with one attached hydrogen (secondary N) is 1. The first-order valence-electron chi connectivity index (χ1n) is 7.18. The molecule has 3 aromatic rings. The Labute approximate surface area is 123 Å². The van der Waals surface area contributed by atoms with E-state index in [2.05, 4.69) is 12.2 Å². The Kier molecular flexibility index (Phi) is 3.77. The first kappa shape index (κ1) is 13.5. The molecule has 21 heavy (non-hydrogen) atoms. The lowest BCUT2D eigenvalue weighted by Crippen LogP contribution is -2.18. The summed E-state index contributed by atoms with van der Waals surface area (Å²) in [5.41, 5.74) is 1.85. The van der Waals surface area contributed by atoms with Crippen LogP contribution >= 0.6 is 0 Å². The zero-order valence-corrected chi connectivity index (χ0v) is 12.0. The molecule has 108 valence electrons. The molecule has 0 atom stereocenters. The molecule has 1 N–H and O–H groups in total. The smallest absolute Gasteiger partial charge is 0.250 e. The second-order valence-corrected chi connectivity index (χ2v) is 5.05. The van der Waals surface area contributed by atoms with Gasteiger partial charge in [-0.25, -0.2) is 0 Å². The van der Waals surface area contributed by atoms with E-state index in [9.17, 15) is 4.79 Å². The van der Waals surface area contributed by atoms with Gasteiger partial charge in [0.25, 0.3) is 5.56 Å². The highest BCUT2D eigenvalue weighted by Gasteiger charge is 2.03. The normalized spacial score (nSPS) is 10.9. The Bertz CT molecular complexity index is 769. The minimum Gasteiger partial charge on any atom is -0.459 e. The summed E-state index contributed by atoms with van der Waals surface area (Å²) in [6.45, 7) is 3.39. The highest BCUT2D eigenvalue weighted by Crippen LogP contribution is 2.19. The molecule has 0 aliphatic carbocycles. The molecule has 0 aliphatic rings. The van der Waals surface area contributed by atoms with E-state index in [4.69, 9.17) is 4.42 Å². The molecule has 4 nitrogen and oxygen atoms in total. The topological polar surface area (TPSA) is 47.2 Å². The molecule has 0 spiro atoms. The number of anilines is 1. The van der Waals surface area contributed by atoms with Crippen molar-refractivity contribution in [2.24, 2.45) is 0 Å². The first-order valence-corrected chi connectivity index (χ1v) is 7.18. The third-order valence-corrected chi connectivity index (χ3v) is 3.39. The molecule has 0 radical (unpaired) electrons. The van der Waals surface area contributed by atoms with Gasteiger partial charge in [-0.05, 0) is 24.6 Å². The van der Waals surface area contributed by atoms with E-state index < -0.39 is 0 Å². The first-order chi connectivity index (χ1) is 10.3. The van der Waals surface area contributed by atoms with E-state index in [0.717, 1.165) is 35.4 Å². The Hall–Kier alpha value is -2.49. The number of aryl methyl sites for hydroxylation is 1. The van der Waals surface area contributed by atoms with Crippen LogP contribution in [0.2, 0.25) is 0 Å². The van der Waals surface area contributed by atoms with Gasteiger partial charge in [-0.2, -0.15) is 0 Å². The van der Waals surface area contributed by atoms with E-state index in [1.54, 1.807) is 16.7 Å². The number of benzene rings is 1. The van der Waals surface area contributed by atoms with Gasteiger partial charge in [0.15, 0.2) is 0 Å². The van der Waals surface area contributed by atoms with Crippen molar-refractivity contribution in [3.63, 3.8) is 0 Å². The molecule has 0 amide bonds. The summed E-state index contributed by atoms with van der Waals surface area (Å²) in [4.78, 5) is 11.7. The Morgan fingerprint density at radius 2 is 2.05 bits per heavy atom. The van der Waals surface area contributed by atoms with Gasteiger partial charge in [0, 0.05) is 24.2 Å². The molecule has 0 saturated heterocycles. The van der Waals surface area contributed by atoms with Crippen molar-refractivity contribution in [2.75, 3.05) is 5.32 Å². The van der Waals surface area contributed by atoms with Crippen molar-refractivity contribution >= 4 is 16.7 Å². The molecular formula is C17H18N2O2. The zero-order valence-electron chi connectivity index (χ0n) is 12.0. The van der Waals surface area contributed by atoms with Crippen LogP contribution in [-0.2, 0) is 13.1 Å². The number of aromatic nitrogens is 1. The fourth-order valence-corrected chi connectivity index (χ4v) is 2.36. The van der Waals surface area contributed by atoms with Crippen molar-refractivity contribution in [3.05, 3.63) is 64.8 Å². The maximum atomic E-state index is 11.7. The van der Waals surface area contributed by atoms with Crippen LogP contribution in [0.25, 0.3) is 11.0 Å². The molecule has 1 aromatic carbocycles. The van der Waals surface area contributed by atoms with Gasteiger partial charge in [0.05, 0.1) is 12.2 Å². The van der Waals surface area contributed by atoms with Crippen LogP contribution in [0.4, 0.5) is 5.69 Å². The predicted molar refractivity (Wildman–Crippen MR) is 84.5 cm³/mol. The van der Waals surface area contributed by atoms with Crippen molar-refractivity contribution in [3.8, 4) is 0 Å². The van der Waals surface area contributed by atoms with Gasteiger partial charge in [-0.1, -0.05) is 25.1 Å². The van der Waals surface area contributed by atoms with Crippen LogP contribution in [0.1, 0.15) is 19.1 Å². The molecule has 0 saturated carbocycles. The monoisotopic (exact) mass is 282 g/mol. The molecule has 3 rings (SSSR count). The highest BCUT2D eigenvalue weighted by molar-refractivity contribution is 5.77. The molecule has 4 heteroatoms. The van der Waals surface area contributed by atoms with E-state index in [1.807, 2.05) is 36.5 Å². The number of fused-ring (bicyclic) bond motifs is 1. The summed E-state index contributed by atoms with van der Waals surface area (Å²) in [6, 6.07) is 13.4. The van der Waals surface area contributed by atoms with Crippen LogP contribution in [-0.4, -0.2) is 4.57 Å². The Balaban J connectivity index is 1.75. The van der Waals surface area contributed by atoms with Crippen molar-refractivity contribution in [2.45, 2.75) is 26.4 Å². The third-order valence-electron chi connectivity index (χ3n) is 3.39. The van der Waals surface area contributed by atoms with Gasteiger partial charge in [0.1, 0.15) is 11.3 Å². The number of hydrogen-bond acceptors (Lipinski definition) is 3. The van der Waals surface area contributed by atoms with E-state index in [-0.39, 0.29) is 5.56 Å². The van der Waals surface area contributed by atoms with Crippen molar-refractivity contribution in [1.82, 2.24) is 4.57 Å². The van der Waals surface area contributed by atoms with Crippen LogP contribution < -0.4 is 10.9 Å². The molecule has 0 fully saturated rings. The summed E-state index contributed by atoms with van der Waals surface area (Å²) >= 11 is 0. The minimum absolute atomic E-state index is 0.0335. The van der Waals surface area contributed by atoms with E-state index in [0.29, 0.717) is 6.54 Å². The summed E-state index contributed by atoms with van der Waals surface area (Å²) in [5, 5.41) is 4.40. The van der Waals surface area contributed by atoms with E-state index >= 15 is 0 Å². The maximum Gasteiger partial charge on any atom is 0.250 e. The molecule has 2 heterocycles. The number of rotatable bonds is 5. The lowest BCUT2D eigenvalue weighted by atomic mass is 10.2. The number of nitrogens with zero attached hydrogens (tertiary/aromatic N) is 1. The summed E-state index contributed by atoms with van der Waals surface area (Å²) in [5.74, 6) is 0.879. The number of hydrogen-bond donors (Lipinski definition) is 1. The lowest BCUT2D eigenvalue weighted by Gasteiger charge is -2.08. The second kappa shape index (κ2) is 5.87. The van der Waals surface area contributed by atoms with Gasteiger partial charge < -0.3 is 14.3 Å². The third kappa shape index (κ3) is 2.99. The average molecular weight is 282 g/mol. The number of furan rings is 1. The fraction of sp³-hybridized carbons (Fsp3) is 0.235. The van der Waals surface area contributed by atoms with Gasteiger partial charge >= 0.3 is 0 Å². The molecule has 0 aliphatic heterocycles. The van der Waals surface area contributed by atoms with Crippen LogP contribution in [0.3, 0.4) is 0 Å². The number of para-hydroxylation sites is 1. The molecule has 0 unspecified atom stereocenters. The van der Waals surface area contributed by atoms with Crippen LogP contribution in [0.5, 0.6) is 0 Å². The molecular weight excluding hydrogens is 264 g/mol. The van der Waals surface area contributed by atoms with Crippen LogP contribution in [0, 0.1) is 0 Å². The highest BCUT2D eigenvalue weighted by atomic mass is 16.3. The Morgan fingerprint density at radius 1 is 1.19 bits per heavy atom. The fourth-order valence-electron chi connectivity index (χ4n) is 2.36. The summed E-state index contributed by atoms with van der Waals surface area (Å²) < 4.78 is 7.48. The van der Waals surface area contributed by atoms with Gasteiger partial charge in [-0.3, -0.25) is 4.79 Å². The second-order valence-electron chi connectivity index (χ2n) is 5.05. The lowest BCUT2D eigenvalue weighted by molar-refractivity contribution is 0.559. The minimum atomic E-state index is 0.0335. The molecule has 2 aromatic heterocycles. The van der Waals surface area contributed by atoms with Gasteiger partial charge in [0.2, 0.25) is 0 Å². The SMILES string of the molecule is CCCn1cc(NCc2cc3ccccc3o2)ccc1=O. The zero-order chi connectivity index (χ0) is 14.7. The van der Waals surface area contributed by atoms with E-state index in [1.165, 1.54) is 0 Å². The standard InChI is InChI=1S/C17H18N2O2/c1-2-9-19-12-14(7-8-17(19)20)18-11-15-10-13-5-3-4-6-16(13)21-15/h3-8,10,12,18H,2,9,11H2,1H3. The maximum absolute atomic E-state index is 11.7. The van der Waals surface area contributed by atoms with Crippen molar-refractivity contribution in [1.29, 1.82) is 0 Å². The summed E-state index contributed by atoms with van der Waals surface area (Å²) in [6.07, 6.45) is 2.79. The quantitative estimate of drug-likeness (QED) is 0.777. The average Bonchev–Trinajstić information content (AvgIpc) is 2.91. The Morgan fingerprint density at radius 3 is 2.86 bits per heavy atom. The number of pyridine rings is 1. The summed E-state index contributed by atoms with van der Waals surface area (Å²) in [7, 11) is 0. The van der Waals surface area contributed by atoms with Crippen LogP contribution in [0.15, 0.2) is 57.9 Å². The largest absolute Gasteiger partial charge is 0.459 e. The predicted octanol–water partition coefficient (Wildman–Crippen LogP) is 3.62. The van der Waals surface area contributed by atoms with Gasteiger partial charge in [-0.15, -0.1) is 0 Å². The molecule has 0 bridgehead atoms.